The fourth-order valence-electron chi connectivity index (χ4n) is 3.56. The van der Waals surface area contributed by atoms with Gasteiger partial charge >= 0.3 is 0 Å². The Balaban J connectivity index is 1.77. The molecule has 0 spiro atoms. The molecule has 5 nitrogen and oxygen atoms in total. The lowest BCUT2D eigenvalue weighted by Gasteiger charge is -2.23. The van der Waals surface area contributed by atoms with E-state index in [1.54, 1.807) is 37.4 Å². The van der Waals surface area contributed by atoms with Crippen molar-refractivity contribution in [2.75, 3.05) is 23.7 Å². The zero-order valence-electron chi connectivity index (χ0n) is 16.5. The molecule has 0 radical (unpaired) electrons. The van der Waals surface area contributed by atoms with Crippen LogP contribution in [0, 0.1) is 6.92 Å². The zero-order valence-corrected chi connectivity index (χ0v) is 17.3. The van der Waals surface area contributed by atoms with E-state index >= 15 is 0 Å². The van der Waals surface area contributed by atoms with Crippen LogP contribution in [0.15, 0.2) is 65.6 Å². The number of nitrogens with one attached hydrogen (secondary N) is 2. The van der Waals surface area contributed by atoms with Gasteiger partial charge in [0, 0.05) is 12.2 Å². The number of sulfonamides is 1. The molecular weight excluding hydrogens is 384 g/mol. The molecule has 2 N–H and O–H groups in total. The third kappa shape index (κ3) is 4.07. The molecule has 0 aliphatic carbocycles. The van der Waals surface area contributed by atoms with E-state index in [1.165, 1.54) is 5.56 Å². The van der Waals surface area contributed by atoms with Crippen LogP contribution in [0.4, 0.5) is 11.4 Å². The van der Waals surface area contributed by atoms with Crippen molar-refractivity contribution in [3.05, 3.63) is 71.8 Å². The summed E-state index contributed by atoms with van der Waals surface area (Å²) in [5, 5.41) is 3.29. The van der Waals surface area contributed by atoms with Crippen molar-refractivity contribution < 1.29 is 13.2 Å². The van der Waals surface area contributed by atoms with Gasteiger partial charge in [-0.2, -0.15) is 0 Å². The summed E-state index contributed by atoms with van der Waals surface area (Å²) in [6.45, 7) is 2.80. The number of aryl methyl sites for hydroxylation is 2. The van der Waals surface area contributed by atoms with Gasteiger partial charge in [-0.25, -0.2) is 8.42 Å². The van der Waals surface area contributed by atoms with Crippen molar-refractivity contribution in [3.8, 4) is 16.9 Å². The van der Waals surface area contributed by atoms with E-state index in [4.69, 9.17) is 4.74 Å². The highest BCUT2D eigenvalue weighted by Gasteiger charge is 2.24. The molecule has 0 bridgehead atoms. The summed E-state index contributed by atoms with van der Waals surface area (Å²) in [5.41, 5.74) is 5.31. The molecule has 150 valence electrons. The van der Waals surface area contributed by atoms with Gasteiger partial charge in [-0.3, -0.25) is 4.72 Å². The number of benzene rings is 3. The average Bonchev–Trinajstić information content (AvgIpc) is 2.74. The summed E-state index contributed by atoms with van der Waals surface area (Å²) in [5.74, 6) is 0.674. The van der Waals surface area contributed by atoms with Gasteiger partial charge in [-0.05, 0) is 72.9 Å². The molecule has 4 rings (SSSR count). The van der Waals surface area contributed by atoms with Crippen molar-refractivity contribution in [2.45, 2.75) is 24.7 Å². The summed E-state index contributed by atoms with van der Waals surface area (Å²) in [7, 11) is -2.19. The first kappa shape index (κ1) is 19.3. The van der Waals surface area contributed by atoms with E-state index in [1.807, 2.05) is 31.2 Å². The molecule has 3 aromatic carbocycles. The third-order valence-corrected chi connectivity index (χ3v) is 6.53. The van der Waals surface area contributed by atoms with Gasteiger partial charge in [0.25, 0.3) is 10.0 Å². The lowest BCUT2D eigenvalue weighted by molar-refractivity contribution is 0.415. The van der Waals surface area contributed by atoms with Crippen molar-refractivity contribution in [3.63, 3.8) is 0 Å². The molecule has 0 unspecified atom stereocenters. The van der Waals surface area contributed by atoms with Gasteiger partial charge in [-0.15, -0.1) is 0 Å². The second-order valence-electron chi connectivity index (χ2n) is 7.24. The first-order chi connectivity index (χ1) is 14.0. The SMILES string of the molecule is COc1ccc(NS(=O)(=O)c2cc(-c3ccc(C)cc3)cc3c2NCCC3)cc1. The van der Waals surface area contributed by atoms with Gasteiger partial charge in [-0.1, -0.05) is 29.8 Å². The molecule has 0 saturated heterocycles. The molecule has 0 saturated carbocycles. The number of fused-ring (bicyclic) bond motifs is 1. The fraction of sp³-hybridized carbons (Fsp3) is 0.217. The summed E-state index contributed by atoms with van der Waals surface area (Å²) >= 11 is 0. The van der Waals surface area contributed by atoms with Crippen molar-refractivity contribution in [2.24, 2.45) is 0 Å². The number of rotatable bonds is 5. The standard InChI is InChI=1S/C23H24N2O3S/c1-16-5-7-17(8-6-16)19-14-18-4-3-13-24-23(18)22(15-19)29(26,27)25-20-9-11-21(28-2)12-10-20/h5-12,14-15,24-25H,3-4,13H2,1-2H3. The zero-order chi connectivity index (χ0) is 20.4. The van der Waals surface area contributed by atoms with Crippen molar-refractivity contribution in [1.82, 2.24) is 0 Å². The van der Waals surface area contributed by atoms with Gasteiger partial charge in [0.2, 0.25) is 0 Å². The molecule has 3 aromatic rings. The Labute approximate surface area is 171 Å². The number of ether oxygens (including phenoxy) is 1. The smallest absolute Gasteiger partial charge is 0.263 e. The Morgan fingerprint density at radius 2 is 1.69 bits per heavy atom. The lowest BCUT2D eigenvalue weighted by Crippen LogP contribution is -2.20. The van der Waals surface area contributed by atoms with Gasteiger partial charge in [0.05, 0.1) is 12.8 Å². The number of anilines is 2. The lowest BCUT2D eigenvalue weighted by atomic mass is 9.97. The maximum absolute atomic E-state index is 13.3. The van der Waals surface area contributed by atoms with Gasteiger partial charge < -0.3 is 10.1 Å². The first-order valence-electron chi connectivity index (χ1n) is 9.61. The minimum absolute atomic E-state index is 0.279. The van der Waals surface area contributed by atoms with Gasteiger partial charge in [0.15, 0.2) is 0 Å². The second-order valence-corrected chi connectivity index (χ2v) is 8.89. The summed E-state index contributed by atoms with van der Waals surface area (Å²) in [6, 6.07) is 18.8. The molecule has 0 amide bonds. The summed E-state index contributed by atoms with van der Waals surface area (Å²) in [4.78, 5) is 0.279. The first-order valence-corrected chi connectivity index (χ1v) is 11.1. The largest absolute Gasteiger partial charge is 0.497 e. The Morgan fingerprint density at radius 1 is 0.966 bits per heavy atom. The predicted octanol–water partition coefficient (Wildman–Crippen LogP) is 4.83. The van der Waals surface area contributed by atoms with Crippen LogP contribution in [-0.4, -0.2) is 22.1 Å². The highest BCUT2D eigenvalue weighted by molar-refractivity contribution is 7.92. The fourth-order valence-corrected chi connectivity index (χ4v) is 4.87. The van der Waals surface area contributed by atoms with Crippen LogP contribution >= 0.6 is 0 Å². The summed E-state index contributed by atoms with van der Waals surface area (Å²) in [6.07, 6.45) is 1.84. The topological polar surface area (TPSA) is 67.4 Å². The predicted molar refractivity (Wildman–Crippen MR) is 117 cm³/mol. The van der Waals surface area contributed by atoms with Crippen LogP contribution in [0.5, 0.6) is 5.75 Å². The normalized spacial score (nSPS) is 13.3. The van der Waals surface area contributed by atoms with Crippen LogP contribution in [0.2, 0.25) is 0 Å². The van der Waals surface area contributed by atoms with Crippen LogP contribution in [-0.2, 0) is 16.4 Å². The molecule has 1 aliphatic heterocycles. The van der Waals surface area contributed by atoms with E-state index in [-0.39, 0.29) is 4.90 Å². The molecule has 0 aromatic heterocycles. The molecule has 1 aliphatic rings. The second kappa shape index (κ2) is 7.79. The molecule has 1 heterocycles. The molecular formula is C23H24N2O3S. The third-order valence-electron chi connectivity index (χ3n) is 5.13. The summed E-state index contributed by atoms with van der Waals surface area (Å²) < 4.78 is 34.4. The molecule has 0 atom stereocenters. The van der Waals surface area contributed by atoms with Crippen LogP contribution in [0.3, 0.4) is 0 Å². The van der Waals surface area contributed by atoms with E-state index in [9.17, 15) is 8.42 Å². The number of hydrogen-bond acceptors (Lipinski definition) is 4. The molecule has 29 heavy (non-hydrogen) atoms. The molecule has 0 fully saturated rings. The van der Waals surface area contributed by atoms with Crippen LogP contribution in [0.1, 0.15) is 17.5 Å². The number of methoxy groups -OCH3 is 1. The number of hydrogen-bond donors (Lipinski definition) is 2. The minimum Gasteiger partial charge on any atom is -0.497 e. The monoisotopic (exact) mass is 408 g/mol. The molecule has 6 heteroatoms. The van der Waals surface area contributed by atoms with E-state index < -0.39 is 10.0 Å². The van der Waals surface area contributed by atoms with Gasteiger partial charge in [0.1, 0.15) is 10.6 Å². The Kier molecular flexibility index (Phi) is 5.20. The Hall–Kier alpha value is -2.99. The van der Waals surface area contributed by atoms with Crippen LogP contribution in [0.25, 0.3) is 11.1 Å². The van der Waals surface area contributed by atoms with Crippen LogP contribution < -0.4 is 14.8 Å². The Morgan fingerprint density at radius 3 is 2.38 bits per heavy atom. The van der Waals surface area contributed by atoms with E-state index in [0.717, 1.165) is 36.1 Å². The quantitative estimate of drug-likeness (QED) is 0.635. The Bertz CT molecular complexity index is 1120. The average molecular weight is 409 g/mol. The highest BCUT2D eigenvalue weighted by atomic mass is 32.2. The van der Waals surface area contributed by atoms with E-state index in [2.05, 4.69) is 16.1 Å². The van der Waals surface area contributed by atoms with Crippen molar-refractivity contribution in [1.29, 1.82) is 0 Å². The minimum atomic E-state index is -3.77. The highest BCUT2D eigenvalue weighted by Crippen LogP contribution is 2.36. The van der Waals surface area contributed by atoms with Crippen molar-refractivity contribution >= 4 is 21.4 Å². The van der Waals surface area contributed by atoms with E-state index in [0.29, 0.717) is 17.1 Å². The maximum Gasteiger partial charge on any atom is 0.263 e. The maximum atomic E-state index is 13.3.